The third-order valence-electron chi connectivity index (χ3n) is 2.86. The van der Waals surface area contributed by atoms with E-state index in [4.69, 9.17) is 9.84 Å². The largest absolute Gasteiger partial charge is 0.442 e. The van der Waals surface area contributed by atoms with Crippen LogP contribution in [0.15, 0.2) is 30.3 Å². The zero-order valence-corrected chi connectivity index (χ0v) is 9.17. The van der Waals surface area contributed by atoms with E-state index in [2.05, 4.69) is 0 Å². The Morgan fingerprint density at radius 1 is 1.50 bits per heavy atom. The predicted molar refractivity (Wildman–Crippen MR) is 58.9 cm³/mol. The molecule has 0 saturated carbocycles. The van der Waals surface area contributed by atoms with Crippen LogP contribution in [0.1, 0.15) is 18.5 Å². The number of carbonyl (C=O) groups excluding carboxylic acids is 1. The third kappa shape index (κ3) is 2.02. The van der Waals surface area contributed by atoms with Crippen molar-refractivity contribution in [2.75, 3.05) is 13.2 Å². The fraction of sp³-hybridized carbons (Fsp3) is 0.417. The number of nitrogens with zero attached hydrogens (tertiary/aromatic N) is 1. The Labute approximate surface area is 94.4 Å². The summed E-state index contributed by atoms with van der Waals surface area (Å²) in [5, 5.41) is 8.95. The standard InChI is InChI=1S/C12H15NO3/c1-9(10-5-3-2-4-6-10)13-7-11(8-14)16-12(13)15/h2-6,9,11,14H,7-8H2,1H3/t9-,11-/m0/s1. The molecule has 0 radical (unpaired) electrons. The van der Waals surface area contributed by atoms with Crippen LogP contribution in [0.2, 0.25) is 0 Å². The van der Waals surface area contributed by atoms with Crippen LogP contribution in [0.25, 0.3) is 0 Å². The van der Waals surface area contributed by atoms with Gasteiger partial charge in [-0.3, -0.25) is 4.90 Å². The van der Waals surface area contributed by atoms with Gasteiger partial charge < -0.3 is 9.84 Å². The van der Waals surface area contributed by atoms with E-state index in [1.807, 2.05) is 37.3 Å². The minimum Gasteiger partial charge on any atom is -0.442 e. The number of hydrogen-bond donors (Lipinski definition) is 1. The Hall–Kier alpha value is -1.55. The lowest BCUT2D eigenvalue weighted by atomic mass is 10.1. The second-order valence-corrected chi connectivity index (χ2v) is 3.93. The van der Waals surface area contributed by atoms with Crippen LogP contribution in [0.3, 0.4) is 0 Å². The molecule has 4 heteroatoms. The topological polar surface area (TPSA) is 49.8 Å². The molecule has 1 fully saturated rings. The monoisotopic (exact) mass is 221 g/mol. The molecule has 1 amide bonds. The normalized spacial score (nSPS) is 22.0. The number of rotatable bonds is 3. The van der Waals surface area contributed by atoms with E-state index in [9.17, 15) is 4.79 Å². The van der Waals surface area contributed by atoms with Crippen LogP contribution < -0.4 is 0 Å². The summed E-state index contributed by atoms with van der Waals surface area (Å²) in [5.41, 5.74) is 1.07. The molecular formula is C12H15NO3. The van der Waals surface area contributed by atoms with Crippen LogP contribution in [-0.2, 0) is 4.74 Å². The second kappa shape index (κ2) is 4.53. The first kappa shape index (κ1) is 11.0. The van der Waals surface area contributed by atoms with E-state index in [0.29, 0.717) is 6.54 Å². The number of aliphatic hydroxyl groups excluding tert-OH is 1. The Morgan fingerprint density at radius 3 is 2.75 bits per heavy atom. The molecule has 1 aliphatic rings. The molecule has 1 heterocycles. The van der Waals surface area contributed by atoms with Crippen molar-refractivity contribution in [3.8, 4) is 0 Å². The lowest BCUT2D eigenvalue weighted by molar-refractivity contribution is 0.0941. The maximum atomic E-state index is 11.6. The van der Waals surface area contributed by atoms with Crippen molar-refractivity contribution in [2.45, 2.75) is 19.1 Å². The molecule has 1 saturated heterocycles. The number of ether oxygens (including phenoxy) is 1. The van der Waals surface area contributed by atoms with Crippen molar-refractivity contribution in [3.05, 3.63) is 35.9 Å². The highest BCUT2D eigenvalue weighted by molar-refractivity contribution is 5.70. The van der Waals surface area contributed by atoms with Crippen molar-refractivity contribution in [2.24, 2.45) is 0 Å². The number of hydrogen-bond acceptors (Lipinski definition) is 3. The number of amides is 1. The summed E-state index contributed by atoms with van der Waals surface area (Å²) in [5.74, 6) is 0. The van der Waals surface area contributed by atoms with Gasteiger partial charge in [0, 0.05) is 0 Å². The van der Waals surface area contributed by atoms with Gasteiger partial charge in [-0.05, 0) is 12.5 Å². The Kier molecular flexibility index (Phi) is 3.10. The quantitative estimate of drug-likeness (QED) is 0.842. The van der Waals surface area contributed by atoms with Crippen LogP contribution in [0.4, 0.5) is 4.79 Å². The molecule has 0 aromatic heterocycles. The van der Waals surface area contributed by atoms with Crippen LogP contribution >= 0.6 is 0 Å². The number of cyclic esters (lactones) is 1. The molecule has 1 aliphatic heterocycles. The van der Waals surface area contributed by atoms with Gasteiger partial charge in [0.1, 0.15) is 6.10 Å². The highest BCUT2D eigenvalue weighted by Crippen LogP contribution is 2.25. The smallest absolute Gasteiger partial charge is 0.410 e. The van der Waals surface area contributed by atoms with Gasteiger partial charge in [0.25, 0.3) is 0 Å². The molecule has 0 aliphatic carbocycles. The Balaban J connectivity index is 2.11. The van der Waals surface area contributed by atoms with Gasteiger partial charge in [-0.25, -0.2) is 4.79 Å². The summed E-state index contributed by atoms with van der Waals surface area (Å²) in [4.78, 5) is 13.2. The summed E-state index contributed by atoms with van der Waals surface area (Å²) >= 11 is 0. The molecule has 1 aromatic rings. The average molecular weight is 221 g/mol. The Bertz CT molecular complexity index is 366. The summed E-state index contributed by atoms with van der Waals surface area (Å²) in [7, 11) is 0. The molecule has 0 unspecified atom stereocenters. The third-order valence-corrected chi connectivity index (χ3v) is 2.86. The predicted octanol–water partition coefficient (Wildman–Crippen LogP) is 1.56. The van der Waals surface area contributed by atoms with Crippen LogP contribution in [-0.4, -0.2) is 35.4 Å². The molecule has 1 N–H and O–H groups in total. The maximum absolute atomic E-state index is 11.6. The summed E-state index contributed by atoms with van der Waals surface area (Å²) in [6.07, 6.45) is -0.742. The van der Waals surface area contributed by atoms with Crippen molar-refractivity contribution in [3.63, 3.8) is 0 Å². The minimum atomic E-state index is -0.390. The zero-order chi connectivity index (χ0) is 11.5. The fourth-order valence-electron chi connectivity index (χ4n) is 1.86. The molecule has 86 valence electrons. The lowest BCUT2D eigenvalue weighted by Crippen LogP contribution is -2.28. The van der Waals surface area contributed by atoms with Crippen LogP contribution in [0.5, 0.6) is 0 Å². The molecule has 2 rings (SSSR count). The highest BCUT2D eigenvalue weighted by Gasteiger charge is 2.34. The van der Waals surface area contributed by atoms with E-state index in [1.54, 1.807) is 4.90 Å². The van der Waals surface area contributed by atoms with E-state index in [1.165, 1.54) is 0 Å². The Morgan fingerprint density at radius 2 is 2.19 bits per heavy atom. The van der Waals surface area contributed by atoms with Gasteiger partial charge in [0.05, 0.1) is 19.2 Å². The molecular weight excluding hydrogens is 206 g/mol. The summed E-state index contributed by atoms with van der Waals surface area (Å²) in [6.45, 7) is 2.28. The molecule has 0 spiro atoms. The SMILES string of the molecule is C[C@@H](c1ccccc1)N1C[C@@H](CO)OC1=O. The first-order valence-electron chi connectivity index (χ1n) is 5.35. The second-order valence-electron chi connectivity index (χ2n) is 3.93. The van der Waals surface area contributed by atoms with Crippen LogP contribution in [0, 0.1) is 0 Å². The summed E-state index contributed by atoms with van der Waals surface area (Å²) in [6, 6.07) is 9.75. The first-order chi connectivity index (χ1) is 7.72. The van der Waals surface area contributed by atoms with Gasteiger partial charge in [-0.1, -0.05) is 30.3 Å². The first-order valence-corrected chi connectivity index (χ1v) is 5.35. The van der Waals surface area contributed by atoms with E-state index < -0.39 is 6.10 Å². The van der Waals surface area contributed by atoms with Crippen molar-refractivity contribution >= 4 is 6.09 Å². The lowest BCUT2D eigenvalue weighted by Gasteiger charge is -2.22. The van der Waals surface area contributed by atoms with Gasteiger partial charge in [0.15, 0.2) is 0 Å². The van der Waals surface area contributed by atoms with E-state index >= 15 is 0 Å². The van der Waals surface area contributed by atoms with Gasteiger partial charge in [-0.2, -0.15) is 0 Å². The molecule has 4 nitrogen and oxygen atoms in total. The molecule has 0 bridgehead atoms. The maximum Gasteiger partial charge on any atom is 0.410 e. The van der Waals surface area contributed by atoms with Crippen molar-refractivity contribution in [1.82, 2.24) is 4.90 Å². The number of aliphatic hydroxyl groups is 1. The van der Waals surface area contributed by atoms with Gasteiger partial charge in [-0.15, -0.1) is 0 Å². The number of carbonyl (C=O) groups is 1. The van der Waals surface area contributed by atoms with E-state index in [-0.39, 0.29) is 18.7 Å². The van der Waals surface area contributed by atoms with Crippen molar-refractivity contribution < 1.29 is 14.6 Å². The van der Waals surface area contributed by atoms with Gasteiger partial charge in [0.2, 0.25) is 0 Å². The van der Waals surface area contributed by atoms with Gasteiger partial charge >= 0.3 is 6.09 Å². The van der Waals surface area contributed by atoms with E-state index in [0.717, 1.165) is 5.56 Å². The fourth-order valence-corrected chi connectivity index (χ4v) is 1.86. The number of benzene rings is 1. The van der Waals surface area contributed by atoms with Crippen molar-refractivity contribution in [1.29, 1.82) is 0 Å². The zero-order valence-electron chi connectivity index (χ0n) is 9.17. The minimum absolute atomic E-state index is 0.0229. The average Bonchev–Trinajstić information content (AvgIpc) is 2.71. The highest BCUT2D eigenvalue weighted by atomic mass is 16.6. The molecule has 16 heavy (non-hydrogen) atoms. The summed E-state index contributed by atoms with van der Waals surface area (Å²) < 4.78 is 5.00. The molecule has 2 atom stereocenters. The molecule has 1 aromatic carbocycles.